The second-order valence-electron chi connectivity index (χ2n) is 7.68. The van der Waals surface area contributed by atoms with Crippen LogP contribution in [-0.4, -0.2) is 49.9 Å². The van der Waals surface area contributed by atoms with E-state index in [-0.39, 0.29) is 39.0 Å². The fourth-order valence-electron chi connectivity index (χ4n) is 3.02. The van der Waals surface area contributed by atoms with E-state index < -0.39 is 23.4 Å². The molecule has 1 heterocycles. The summed E-state index contributed by atoms with van der Waals surface area (Å²) in [5.41, 5.74) is 8.53. The molecule has 3 aromatic rings. The van der Waals surface area contributed by atoms with Gasteiger partial charge in [0.2, 0.25) is 11.8 Å². The summed E-state index contributed by atoms with van der Waals surface area (Å²) >= 11 is 0. The smallest absolute Gasteiger partial charge is 0.243 e. The van der Waals surface area contributed by atoms with Crippen LogP contribution < -0.4 is 11.1 Å². The molecule has 2 aromatic carbocycles. The van der Waals surface area contributed by atoms with Gasteiger partial charge >= 0.3 is 0 Å². The zero-order valence-corrected chi connectivity index (χ0v) is 20.3. The third kappa shape index (κ3) is 7.22. The second-order valence-corrected chi connectivity index (χ2v) is 9.69. The standard InChI is InChI=1S/C24H27FN6O2S.H2O.3H2/c1-15(2)34(32)19-9-7-17(8-10-19)20-14-30-22(26)21(31-20)24(28)33-23(27)18-5-3-16(4-6-18)13-29-12-11-25;;;;/h3-10,14-15,27-29H,11-13H2,1-2H3,(H2,26,30);1H2;3*1H. The van der Waals surface area contributed by atoms with Crippen LogP contribution in [-0.2, 0) is 22.1 Å². The highest BCUT2D eigenvalue weighted by Gasteiger charge is 2.16. The van der Waals surface area contributed by atoms with E-state index in [4.69, 9.17) is 21.3 Å². The predicted octanol–water partition coefficient (Wildman–Crippen LogP) is 3.58. The molecule has 192 valence electrons. The average molecular weight is 507 g/mol. The molecule has 9 nitrogen and oxygen atoms in total. The van der Waals surface area contributed by atoms with Crippen molar-refractivity contribution < 1.29 is 23.1 Å². The molecule has 0 saturated heterocycles. The Morgan fingerprint density at radius 3 is 2.40 bits per heavy atom. The molecule has 3 rings (SSSR count). The minimum atomic E-state index is -1.10. The molecule has 0 amide bonds. The fourth-order valence-corrected chi connectivity index (χ4v) is 3.97. The molecule has 0 aliphatic heterocycles. The lowest BCUT2D eigenvalue weighted by Gasteiger charge is -2.11. The number of ether oxygens (including phenoxy) is 1. The van der Waals surface area contributed by atoms with Crippen molar-refractivity contribution in [2.45, 2.75) is 30.5 Å². The van der Waals surface area contributed by atoms with E-state index in [9.17, 15) is 8.60 Å². The fraction of sp³-hybridized carbons (Fsp3) is 0.250. The molecule has 0 fully saturated rings. The van der Waals surface area contributed by atoms with Gasteiger partial charge in [-0.15, -0.1) is 0 Å². The molecule has 1 unspecified atom stereocenters. The minimum absolute atomic E-state index is 0. The molecule has 0 radical (unpaired) electrons. The lowest BCUT2D eigenvalue weighted by Crippen LogP contribution is -2.18. The first kappa shape index (κ1) is 27.7. The van der Waals surface area contributed by atoms with E-state index in [2.05, 4.69) is 15.3 Å². The molecule has 1 atom stereocenters. The van der Waals surface area contributed by atoms with Crippen LogP contribution >= 0.6 is 0 Å². The molecular formula is C24H35FN6O3S. The number of anilines is 1. The van der Waals surface area contributed by atoms with Crippen molar-refractivity contribution in [2.24, 2.45) is 0 Å². The highest BCUT2D eigenvalue weighted by atomic mass is 32.2. The Morgan fingerprint density at radius 1 is 1.14 bits per heavy atom. The van der Waals surface area contributed by atoms with Crippen molar-refractivity contribution in [1.82, 2.24) is 15.3 Å². The maximum Gasteiger partial charge on any atom is 0.243 e. The third-order valence-electron chi connectivity index (χ3n) is 4.85. The van der Waals surface area contributed by atoms with E-state index in [1.54, 1.807) is 48.5 Å². The van der Waals surface area contributed by atoms with E-state index >= 15 is 0 Å². The van der Waals surface area contributed by atoms with Crippen molar-refractivity contribution >= 4 is 28.4 Å². The Hall–Kier alpha value is -3.54. The van der Waals surface area contributed by atoms with Gasteiger partial charge in [-0.05, 0) is 29.8 Å². The van der Waals surface area contributed by atoms with Crippen molar-refractivity contribution in [2.75, 3.05) is 19.0 Å². The number of rotatable bonds is 9. The van der Waals surface area contributed by atoms with Crippen molar-refractivity contribution in [3.8, 4) is 11.3 Å². The van der Waals surface area contributed by atoms with Crippen LogP contribution in [0, 0.1) is 10.8 Å². The van der Waals surface area contributed by atoms with Crippen LogP contribution in [0.3, 0.4) is 0 Å². The molecule has 0 bridgehead atoms. The van der Waals surface area contributed by atoms with Gasteiger partial charge in [0, 0.05) is 38.6 Å². The van der Waals surface area contributed by atoms with Crippen LogP contribution in [0.5, 0.6) is 0 Å². The zero-order valence-electron chi connectivity index (χ0n) is 19.5. The lowest BCUT2D eigenvalue weighted by atomic mass is 10.1. The molecule has 0 spiro atoms. The Bertz CT molecular complexity index is 1200. The zero-order chi connectivity index (χ0) is 24.7. The molecule has 0 aliphatic rings. The molecule has 0 aliphatic carbocycles. The van der Waals surface area contributed by atoms with Gasteiger partial charge in [0.25, 0.3) is 0 Å². The number of benzene rings is 2. The summed E-state index contributed by atoms with van der Waals surface area (Å²) in [4.78, 5) is 9.24. The number of aromatic nitrogens is 2. The van der Waals surface area contributed by atoms with E-state index in [0.717, 1.165) is 16.0 Å². The lowest BCUT2D eigenvalue weighted by molar-refractivity contribution is 0.467. The van der Waals surface area contributed by atoms with Crippen LogP contribution in [0.25, 0.3) is 11.3 Å². The first-order valence-corrected chi connectivity index (χ1v) is 11.9. The van der Waals surface area contributed by atoms with Gasteiger partial charge in [0.1, 0.15) is 6.67 Å². The van der Waals surface area contributed by atoms with E-state index in [1.807, 2.05) is 13.8 Å². The molecule has 7 N–H and O–H groups in total. The molecule has 1 aromatic heterocycles. The molecule has 11 heteroatoms. The minimum Gasteiger partial charge on any atom is -0.419 e. The third-order valence-corrected chi connectivity index (χ3v) is 6.44. The van der Waals surface area contributed by atoms with E-state index in [0.29, 0.717) is 17.8 Å². The van der Waals surface area contributed by atoms with Crippen LogP contribution in [0.1, 0.15) is 34.9 Å². The summed E-state index contributed by atoms with van der Waals surface area (Å²) in [5, 5.41) is 19.4. The summed E-state index contributed by atoms with van der Waals surface area (Å²) in [6.07, 6.45) is 1.49. The van der Waals surface area contributed by atoms with Crippen LogP contribution in [0.4, 0.5) is 10.2 Å². The Labute approximate surface area is 210 Å². The summed E-state index contributed by atoms with van der Waals surface area (Å²) in [7, 11) is -1.10. The number of nitrogens with two attached hydrogens (primary N) is 1. The Balaban J connectivity index is 0. The molecule has 0 saturated carbocycles. The van der Waals surface area contributed by atoms with Gasteiger partial charge in [-0.1, -0.05) is 38.1 Å². The van der Waals surface area contributed by atoms with Crippen LogP contribution in [0.2, 0.25) is 0 Å². The highest BCUT2D eigenvalue weighted by Crippen LogP contribution is 2.22. The quantitative estimate of drug-likeness (QED) is 0.196. The van der Waals surface area contributed by atoms with E-state index in [1.165, 1.54) is 6.20 Å². The summed E-state index contributed by atoms with van der Waals surface area (Å²) in [5.74, 6) is -0.628. The number of hydrogen-bond donors (Lipinski definition) is 4. The SMILES string of the molecule is CC(C)S(=O)c1ccc(-c2cnc(N)c(C(=N)OC(=N)c3ccc(CNCCF)cc3)n2)cc1.O.[HH].[HH].[HH]. The van der Waals surface area contributed by atoms with Gasteiger partial charge in [-0.3, -0.25) is 15.0 Å². The molecule has 35 heavy (non-hydrogen) atoms. The number of nitrogens with one attached hydrogen (secondary N) is 3. The van der Waals surface area contributed by atoms with Gasteiger partial charge in [0.05, 0.1) is 22.7 Å². The number of hydrogen-bond acceptors (Lipinski definition) is 8. The number of halogens is 1. The maximum atomic E-state index is 12.3. The summed E-state index contributed by atoms with van der Waals surface area (Å²) < 4.78 is 29.8. The van der Waals surface area contributed by atoms with Crippen molar-refractivity contribution in [1.29, 1.82) is 10.8 Å². The second kappa shape index (κ2) is 12.8. The van der Waals surface area contributed by atoms with Gasteiger partial charge in [-0.2, -0.15) is 0 Å². The predicted molar refractivity (Wildman–Crippen MR) is 142 cm³/mol. The monoisotopic (exact) mass is 506 g/mol. The molecular weight excluding hydrogens is 471 g/mol. The van der Waals surface area contributed by atoms with Gasteiger partial charge in [0.15, 0.2) is 11.5 Å². The Morgan fingerprint density at radius 2 is 1.80 bits per heavy atom. The number of alkyl halides is 1. The van der Waals surface area contributed by atoms with Gasteiger partial charge < -0.3 is 21.3 Å². The topological polar surface area (TPSA) is 169 Å². The first-order chi connectivity index (χ1) is 16.3. The summed E-state index contributed by atoms with van der Waals surface area (Å²) in [6.45, 7) is 4.15. The average Bonchev–Trinajstić information content (AvgIpc) is 2.84. The van der Waals surface area contributed by atoms with Crippen molar-refractivity contribution in [3.63, 3.8) is 0 Å². The first-order valence-electron chi connectivity index (χ1n) is 10.6. The summed E-state index contributed by atoms with van der Waals surface area (Å²) in [6, 6.07) is 14.1. The normalized spacial score (nSPS) is 11.5. The van der Waals surface area contributed by atoms with Crippen molar-refractivity contribution in [3.05, 3.63) is 71.5 Å². The number of nitrogen functional groups attached to an aromatic ring is 1. The Kier molecular flexibility index (Phi) is 10.1. The van der Waals surface area contributed by atoms with Crippen LogP contribution in [0.15, 0.2) is 59.6 Å². The highest BCUT2D eigenvalue weighted by molar-refractivity contribution is 7.85. The number of nitrogens with zero attached hydrogens (tertiary/aromatic N) is 2. The van der Waals surface area contributed by atoms with Gasteiger partial charge in [-0.25, -0.2) is 14.4 Å². The maximum absolute atomic E-state index is 12.3. The largest absolute Gasteiger partial charge is 0.419 e.